The zero-order chi connectivity index (χ0) is 30.7. The van der Waals surface area contributed by atoms with Crippen LogP contribution in [0.5, 0.6) is 0 Å². The molecule has 17 heteroatoms. The number of nitrogens with two attached hydrogens (primary N) is 1. The summed E-state index contributed by atoms with van der Waals surface area (Å²) in [5, 5.41) is 18.9. The van der Waals surface area contributed by atoms with Crippen molar-refractivity contribution in [1.29, 1.82) is 0 Å². The second kappa shape index (κ2) is 25.8. The second-order valence-corrected chi connectivity index (χ2v) is 8.60. The van der Waals surface area contributed by atoms with Gasteiger partial charge in [-0.25, -0.2) is 4.79 Å². The highest BCUT2D eigenvalue weighted by molar-refractivity contribution is 6.59. The summed E-state index contributed by atoms with van der Waals surface area (Å²) in [6.45, 7) is 1.99. The Bertz CT molecular complexity index is 791. The Morgan fingerprint density at radius 1 is 0.732 bits per heavy atom. The molecule has 7 N–H and O–H groups in total. The van der Waals surface area contributed by atoms with Gasteiger partial charge >= 0.3 is 5.97 Å². The minimum atomic E-state index is -1.22. The standard InChI is InChI=1S/C24H42BN5O11/c25-23(35)18(26)3-1-2-6-27-21(33)15-40-13-12-39-10-8-29-22(34)16-41-14-11-38-9-7-28-20(32)5-4-19(24(36)37)30-17-31/h17-19H,1-16,26H2,(H,27,33)(H,28,32)(H,29,34)(H,30,31)(H,36,37). The molecule has 2 radical (unpaired) electrons. The van der Waals surface area contributed by atoms with Gasteiger partial charge in [0, 0.05) is 26.1 Å². The number of hydrogen-bond donors (Lipinski definition) is 6. The lowest BCUT2D eigenvalue weighted by atomic mass is 9.92. The van der Waals surface area contributed by atoms with Crippen LogP contribution in [0.25, 0.3) is 0 Å². The van der Waals surface area contributed by atoms with Crippen LogP contribution in [0.4, 0.5) is 0 Å². The van der Waals surface area contributed by atoms with Gasteiger partial charge in [-0.2, -0.15) is 0 Å². The van der Waals surface area contributed by atoms with Crippen LogP contribution in [0.3, 0.4) is 0 Å². The molecule has 0 rings (SSSR count). The van der Waals surface area contributed by atoms with Crippen molar-refractivity contribution in [2.45, 2.75) is 44.2 Å². The predicted octanol–water partition coefficient (Wildman–Crippen LogP) is -3.43. The van der Waals surface area contributed by atoms with Gasteiger partial charge in [-0.3, -0.25) is 19.2 Å². The van der Waals surface area contributed by atoms with E-state index in [1.807, 2.05) is 0 Å². The molecule has 0 spiro atoms. The lowest BCUT2D eigenvalue weighted by molar-refractivity contribution is -0.141. The van der Waals surface area contributed by atoms with E-state index in [9.17, 15) is 28.8 Å². The molecule has 0 fully saturated rings. The number of aliphatic carboxylic acids is 1. The second-order valence-electron chi connectivity index (χ2n) is 8.60. The summed E-state index contributed by atoms with van der Waals surface area (Å²) < 4.78 is 21.0. The molecule has 0 aromatic heterocycles. The first-order chi connectivity index (χ1) is 19.7. The third-order valence-corrected chi connectivity index (χ3v) is 5.20. The van der Waals surface area contributed by atoms with Crippen molar-refractivity contribution < 1.29 is 52.8 Å². The number of nitrogens with one attached hydrogen (secondary N) is 4. The van der Waals surface area contributed by atoms with E-state index < -0.39 is 23.7 Å². The quantitative estimate of drug-likeness (QED) is 0.0298. The zero-order valence-electron chi connectivity index (χ0n) is 23.2. The van der Waals surface area contributed by atoms with E-state index in [0.717, 1.165) is 0 Å². The average Bonchev–Trinajstić information content (AvgIpc) is 2.93. The topological polar surface area (TPSA) is 234 Å². The van der Waals surface area contributed by atoms with Gasteiger partial charge in [-0.15, -0.1) is 0 Å². The van der Waals surface area contributed by atoms with Crippen LogP contribution < -0.4 is 27.0 Å². The smallest absolute Gasteiger partial charge is 0.326 e. The molecule has 2 atom stereocenters. The summed E-state index contributed by atoms with van der Waals surface area (Å²) in [5.41, 5.74) is 4.98. The molecule has 4 amide bonds. The van der Waals surface area contributed by atoms with Gasteiger partial charge in [-0.05, 0) is 25.7 Å². The first kappa shape index (κ1) is 37.9. The Balaban J connectivity index is 3.47. The third-order valence-electron chi connectivity index (χ3n) is 5.20. The average molecular weight is 587 g/mol. The van der Waals surface area contributed by atoms with E-state index in [2.05, 4.69) is 21.3 Å². The monoisotopic (exact) mass is 587 g/mol. The van der Waals surface area contributed by atoms with Gasteiger partial charge in [0.05, 0.1) is 51.4 Å². The fraction of sp³-hybridized carbons (Fsp3) is 0.750. The molecule has 41 heavy (non-hydrogen) atoms. The number of hydrogen-bond acceptors (Lipinski definition) is 11. The molecule has 0 saturated heterocycles. The maximum atomic E-state index is 11.7. The van der Waals surface area contributed by atoms with Crippen molar-refractivity contribution in [3.8, 4) is 0 Å². The molecule has 0 heterocycles. The normalized spacial score (nSPS) is 12.1. The Kier molecular flexibility index (Phi) is 23.9. The Labute approximate surface area is 240 Å². The number of carbonyl (C=O) groups is 6. The summed E-state index contributed by atoms with van der Waals surface area (Å²) >= 11 is 0. The number of carbonyl (C=O) groups excluding carboxylic acids is 5. The number of carboxylic acids is 1. The minimum Gasteiger partial charge on any atom is -0.480 e. The number of unbranched alkanes of at least 4 members (excludes halogenated alkanes) is 1. The number of carboxylic acid groups (broad SMARTS) is 1. The number of ether oxygens (including phenoxy) is 4. The zero-order valence-corrected chi connectivity index (χ0v) is 23.2. The fourth-order valence-electron chi connectivity index (χ4n) is 2.98. The molecule has 0 aromatic carbocycles. The summed E-state index contributed by atoms with van der Waals surface area (Å²) in [6.07, 6.45) is 2.00. The van der Waals surface area contributed by atoms with Gasteiger partial charge in [0.2, 0.25) is 24.1 Å². The lowest BCUT2D eigenvalue weighted by Gasteiger charge is -2.11. The van der Waals surface area contributed by atoms with E-state index in [1.54, 1.807) is 0 Å². The summed E-state index contributed by atoms with van der Waals surface area (Å²) in [4.78, 5) is 67.1. The van der Waals surface area contributed by atoms with Crippen molar-refractivity contribution in [2.75, 3.05) is 72.5 Å². The van der Waals surface area contributed by atoms with E-state index in [0.29, 0.717) is 25.8 Å². The van der Waals surface area contributed by atoms with Crippen LogP contribution in [0.15, 0.2) is 0 Å². The van der Waals surface area contributed by atoms with Crippen LogP contribution in [0, 0.1) is 0 Å². The minimum absolute atomic E-state index is 0.0293. The van der Waals surface area contributed by atoms with Crippen LogP contribution in [0.2, 0.25) is 0 Å². The highest BCUT2D eigenvalue weighted by Crippen LogP contribution is 1.98. The van der Waals surface area contributed by atoms with Crippen molar-refractivity contribution in [2.24, 2.45) is 5.73 Å². The maximum absolute atomic E-state index is 11.7. The fourth-order valence-corrected chi connectivity index (χ4v) is 2.98. The summed E-state index contributed by atoms with van der Waals surface area (Å²) in [6, 6.07) is -1.79. The van der Waals surface area contributed by atoms with E-state index in [1.165, 1.54) is 0 Å². The molecule has 232 valence electrons. The van der Waals surface area contributed by atoms with Crippen LogP contribution in [-0.4, -0.2) is 133 Å². The van der Waals surface area contributed by atoms with Gasteiger partial charge in [-0.1, -0.05) is 0 Å². The summed E-state index contributed by atoms with van der Waals surface area (Å²) in [7, 11) is 5.07. The van der Waals surface area contributed by atoms with Crippen LogP contribution >= 0.6 is 0 Å². The molecule has 0 aromatic rings. The van der Waals surface area contributed by atoms with E-state index in [4.69, 9.17) is 37.6 Å². The Hall–Kier alpha value is -3.12. The van der Waals surface area contributed by atoms with Crippen LogP contribution in [0.1, 0.15) is 32.1 Å². The molecule has 0 aliphatic carbocycles. The van der Waals surface area contributed by atoms with Crippen molar-refractivity contribution >= 4 is 43.6 Å². The van der Waals surface area contributed by atoms with E-state index >= 15 is 0 Å². The highest BCUT2D eigenvalue weighted by Gasteiger charge is 2.17. The highest BCUT2D eigenvalue weighted by atomic mass is 16.5. The Morgan fingerprint density at radius 2 is 1.24 bits per heavy atom. The van der Waals surface area contributed by atoms with Crippen LogP contribution in [-0.2, 0) is 47.7 Å². The van der Waals surface area contributed by atoms with Gasteiger partial charge < -0.3 is 55.8 Å². The van der Waals surface area contributed by atoms with Gasteiger partial charge in [0.15, 0.2) is 7.85 Å². The predicted molar refractivity (Wildman–Crippen MR) is 145 cm³/mol. The lowest BCUT2D eigenvalue weighted by Crippen LogP contribution is -2.37. The largest absolute Gasteiger partial charge is 0.480 e. The number of amides is 4. The molecule has 0 aliphatic rings. The molecule has 0 bridgehead atoms. The summed E-state index contributed by atoms with van der Waals surface area (Å²) in [5.74, 6) is -2.17. The Morgan fingerprint density at radius 3 is 1.76 bits per heavy atom. The molecule has 0 aliphatic heterocycles. The van der Waals surface area contributed by atoms with Crippen molar-refractivity contribution in [3.63, 3.8) is 0 Å². The molecule has 16 nitrogen and oxygen atoms in total. The maximum Gasteiger partial charge on any atom is 0.326 e. The third kappa shape index (κ3) is 24.4. The molecular formula is C24H42BN5O11. The van der Waals surface area contributed by atoms with Gasteiger partial charge in [0.25, 0.3) is 0 Å². The van der Waals surface area contributed by atoms with Crippen molar-refractivity contribution in [1.82, 2.24) is 21.3 Å². The first-order valence-electron chi connectivity index (χ1n) is 13.3. The number of rotatable bonds is 28. The molecular weight excluding hydrogens is 545 g/mol. The van der Waals surface area contributed by atoms with E-state index in [-0.39, 0.29) is 103 Å². The molecule has 2 unspecified atom stereocenters. The van der Waals surface area contributed by atoms with Crippen molar-refractivity contribution in [3.05, 3.63) is 0 Å². The first-order valence-corrected chi connectivity index (χ1v) is 13.3. The van der Waals surface area contributed by atoms with Gasteiger partial charge in [0.1, 0.15) is 19.3 Å². The SMILES string of the molecule is [B]C(=O)C(N)CCCCNC(=O)COCCOCCNC(=O)COCCOCCNC(=O)CCC(NC=O)C(=O)O. The molecule has 0 saturated carbocycles.